The number of carbonyl (C=O) groups is 1. The van der Waals surface area contributed by atoms with Gasteiger partial charge in [0.1, 0.15) is 5.82 Å². The molecule has 0 saturated carbocycles. The van der Waals surface area contributed by atoms with Crippen LogP contribution in [0.5, 0.6) is 0 Å². The summed E-state index contributed by atoms with van der Waals surface area (Å²) in [7, 11) is -3.57. The van der Waals surface area contributed by atoms with Crippen molar-refractivity contribution in [3.05, 3.63) is 53.0 Å². The smallest absolute Gasteiger partial charge is 0.262 e. The molecular formula is C18H18FN3O3S. The number of fused-ring (bicyclic) bond motifs is 2. The molecule has 0 spiro atoms. The third-order valence-electron chi connectivity index (χ3n) is 4.78. The Hall–Kier alpha value is -2.48. The summed E-state index contributed by atoms with van der Waals surface area (Å²) in [4.78, 5) is 16.5. The summed E-state index contributed by atoms with van der Waals surface area (Å²) < 4.78 is 41.4. The topological polar surface area (TPSA) is 70.1 Å². The number of halogens is 1. The van der Waals surface area contributed by atoms with Gasteiger partial charge in [0, 0.05) is 19.3 Å². The fourth-order valence-electron chi connectivity index (χ4n) is 3.65. The van der Waals surface area contributed by atoms with Crippen LogP contribution in [0.25, 0.3) is 0 Å². The van der Waals surface area contributed by atoms with Crippen LogP contribution in [0.15, 0.2) is 40.5 Å². The predicted octanol–water partition coefficient (Wildman–Crippen LogP) is 1.91. The Balaban J connectivity index is 1.77. The summed E-state index contributed by atoms with van der Waals surface area (Å²) >= 11 is 0. The SMILES string of the molecule is Cc1cc(F)cc2c1N(C(=O)C1=CC=CN3CCS(=O)(=O)N=C13)CCC2. The fraction of sp³-hybridized carbons (Fsp3) is 0.333. The molecule has 0 atom stereocenters. The predicted molar refractivity (Wildman–Crippen MR) is 97.0 cm³/mol. The summed E-state index contributed by atoms with van der Waals surface area (Å²) in [6.45, 7) is 2.54. The highest BCUT2D eigenvalue weighted by molar-refractivity contribution is 7.90. The lowest BCUT2D eigenvalue weighted by Gasteiger charge is -2.34. The van der Waals surface area contributed by atoms with Gasteiger partial charge in [0.05, 0.1) is 17.0 Å². The zero-order valence-corrected chi connectivity index (χ0v) is 15.1. The number of rotatable bonds is 1. The Kier molecular flexibility index (Phi) is 3.95. The van der Waals surface area contributed by atoms with Gasteiger partial charge in [-0.2, -0.15) is 0 Å². The van der Waals surface area contributed by atoms with E-state index in [-0.39, 0.29) is 35.4 Å². The number of sulfonamides is 1. The lowest BCUT2D eigenvalue weighted by molar-refractivity contribution is -0.114. The number of amides is 1. The molecule has 3 aliphatic rings. The summed E-state index contributed by atoms with van der Waals surface area (Å²) in [5.74, 6) is -0.543. The molecule has 6 nitrogen and oxygen atoms in total. The van der Waals surface area contributed by atoms with E-state index >= 15 is 0 Å². The number of amidine groups is 1. The Morgan fingerprint density at radius 2 is 2.08 bits per heavy atom. The lowest BCUT2D eigenvalue weighted by Crippen LogP contribution is -2.45. The summed E-state index contributed by atoms with van der Waals surface area (Å²) in [5.41, 5.74) is 2.44. The van der Waals surface area contributed by atoms with Crippen molar-refractivity contribution < 1.29 is 17.6 Å². The molecule has 0 aromatic heterocycles. The summed E-state index contributed by atoms with van der Waals surface area (Å²) in [5, 5.41) is 0. The molecule has 0 radical (unpaired) electrons. The van der Waals surface area contributed by atoms with Gasteiger partial charge in [0.25, 0.3) is 15.9 Å². The third-order valence-corrected chi connectivity index (χ3v) is 5.92. The van der Waals surface area contributed by atoms with E-state index in [2.05, 4.69) is 4.40 Å². The Morgan fingerprint density at radius 3 is 2.88 bits per heavy atom. The van der Waals surface area contributed by atoms with Crippen LogP contribution in [0.4, 0.5) is 10.1 Å². The Bertz CT molecular complexity index is 995. The number of aryl methyl sites for hydroxylation is 2. The van der Waals surface area contributed by atoms with Crippen LogP contribution in [0.3, 0.4) is 0 Å². The molecule has 4 rings (SSSR count). The second-order valence-electron chi connectivity index (χ2n) is 6.61. The standard InChI is InChI=1S/C18H18FN3O3S/c1-12-10-14(19)11-13-4-2-7-22(16(12)13)18(23)15-5-3-6-21-8-9-26(24,25)20-17(15)21/h3,5-6,10-11H,2,4,7-9H2,1H3. The minimum Gasteiger partial charge on any atom is -0.331 e. The van der Waals surface area contributed by atoms with Crippen LogP contribution in [0.2, 0.25) is 0 Å². The second kappa shape index (κ2) is 6.05. The number of hydrogen-bond acceptors (Lipinski definition) is 4. The molecule has 1 aromatic rings. The monoisotopic (exact) mass is 375 g/mol. The minimum atomic E-state index is -3.57. The molecule has 8 heteroatoms. The van der Waals surface area contributed by atoms with Gasteiger partial charge in [-0.3, -0.25) is 4.79 Å². The number of anilines is 1. The molecular weight excluding hydrogens is 357 g/mol. The second-order valence-corrected chi connectivity index (χ2v) is 8.36. The molecule has 3 aliphatic heterocycles. The molecule has 26 heavy (non-hydrogen) atoms. The lowest BCUT2D eigenvalue weighted by atomic mass is 9.96. The quantitative estimate of drug-likeness (QED) is 0.752. The van der Waals surface area contributed by atoms with Gasteiger partial charge < -0.3 is 9.80 Å². The Labute approximate surface area is 151 Å². The molecule has 136 valence electrons. The van der Waals surface area contributed by atoms with E-state index in [0.717, 1.165) is 12.0 Å². The van der Waals surface area contributed by atoms with Gasteiger partial charge in [-0.1, -0.05) is 0 Å². The molecule has 3 heterocycles. The minimum absolute atomic E-state index is 0.0761. The van der Waals surface area contributed by atoms with Gasteiger partial charge in [0.2, 0.25) is 0 Å². The van der Waals surface area contributed by atoms with Gasteiger partial charge in [-0.25, -0.2) is 12.8 Å². The number of carbonyl (C=O) groups excluding carboxylic acids is 1. The maximum atomic E-state index is 13.7. The van der Waals surface area contributed by atoms with Crippen molar-refractivity contribution >= 4 is 27.5 Å². The number of benzene rings is 1. The highest BCUT2D eigenvalue weighted by Gasteiger charge is 2.34. The first-order valence-electron chi connectivity index (χ1n) is 8.45. The third kappa shape index (κ3) is 2.84. The maximum absolute atomic E-state index is 13.7. The number of allylic oxidation sites excluding steroid dienone is 2. The van der Waals surface area contributed by atoms with Crippen LogP contribution in [-0.2, 0) is 21.2 Å². The van der Waals surface area contributed by atoms with E-state index < -0.39 is 10.0 Å². The zero-order chi connectivity index (χ0) is 18.5. The van der Waals surface area contributed by atoms with E-state index in [9.17, 15) is 17.6 Å². The van der Waals surface area contributed by atoms with Crippen molar-refractivity contribution in [3.8, 4) is 0 Å². The van der Waals surface area contributed by atoms with Crippen LogP contribution < -0.4 is 4.90 Å². The molecule has 0 N–H and O–H groups in total. The van der Waals surface area contributed by atoms with Gasteiger partial charge >= 0.3 is 0 Å². The molecule has 1 aromatic carbocycles. The van der Waals surface area contributed by atoms with Crippen molar-refractivity contribution in [1.82, 2.24) is 4.90 Å². The molecule has 0 bridgehead atoms. The average Bonchev–Trinajstić information content (AvgIpc) is 2.59. The van der Waals surface area contributed by atoms with E-state index in [1.54, 1.807) is 35.1 Å². The highest BCUT2D eigenvalue weighted by atomic mass is 32.2. The van der Waals surface area contributed by atoms with E-state index in [1.807, 2.05) is 0 Å². The molecule has 1 amide bonds. The largest absolute Gasteiger partial charge is 0.331 e. The van der Waals surface area contributed by atoms with Crippen LogP contribution in [0, 0.1) is 12.7 Å². The van der Waals surface area contributed by atoms with Crippen LogP contribution >= 0.6 is 0 Å². The van der Waals surface area contributed by atoms with Gasteiger partial charge in [0.15, 0.2) is 5.84 Å². The van der Waals surface area contributed by atoms with Gasteiger partial charge in [-0.05, 0) is 55.2 Å². The van der Waals surface area contributed by atoms with Crippen LogP contribution in [0.1, 0.15) is 17.5 Å². The van der Waals surface area contributed by atoms with Crippen molar-refractivity contribution in [1.29, 1.82) is 0 Å². The summed E-state index contributed by atoms with van der Waals surface area (Å²) in [6, 6.07) is 2.88. The van der Waals surface area contributed by atoms with Crippen molar-refractivity contribution in [2.45, 2.75) is 19.8 Å². The fourth-order valence-corrected chi connectivity index (χ4v) is 4.64. The van der Waals surface area contributed by atoms with Crippen molar-refractivity contribution in [2.24, 2.45) is 4.40 Å². The zero-order valence-electron chi connectivity index (χ0n) is 14.3. The highest BCUT2D eigenvalue weighted by Crippen LogP contribution is 2.33. The maximum Gasteiger partial charge on any atom is 0.262 e. The normalized spacial score (nSPS) is 20.8. The number of nitrogens with zero attached hydrogens (tertiary/aromatic N) is 3. The summed E-state index contributed by atoms with van der Waals surface area (Å²) in [6.07, 6.45) is 6.45. The molecule has 0 aliphatic carbocycles. The first-order valence-corrected chi connectivity index (χ1v) is 10.1. The van der Waals surface area contributed by atoms with E-state index in [0.29, 0.717) is 24.2 Å². The first kappa shape index (κ1) is 17.0. The van der Waals surface area contributed by atoms with Gasteiger partial charge in [-0.15, -0.1) is 4.40 Å². The molecule has 0 saturated heterocycles. The average molecular weight is 375 g/mol. The molecule has 0 fully saturated rings. The van der Waals surface area contributed by atoms with Crippen molar-refractivity contribution in [3.63, 3.8) is 0 Å². The molecule has 0 unspecified atom stereocenters. The first-order chi connectivity index (χ1) is 12.4. The number of hydrogen-bond donors (Lipinski definition) is 0. The van der Waals surface area contributed by atoms with Crippen molar-refractivity contribution in [2.75, 3.05) is 23.7 Å². The van der Waals surface area contributed by atoms with E-state index in [1.165, 1.54) is 12.1 Å². The Morgan fingerprint density at radius 1 is 1.27 bits per heavy atom. The van der Waals surface area contributed by atoms with E-state index in [4.69, 9.17) is 0 Å². The van der Waals surface area contributed by atoms with Crippen LogP contribution in [-0.4, -0.2) is 43.9 Å².